The fourth-order valence-corrected chi connectivity index (χ4v) is 2.79. The number of piperidine rings is 2. The lowest BCUT2D eigenvalue weighted by Crippen LogP contribution is -2.61. The number of hydrogen-bond acceptors (Lipinski definition) is 2. The Balaban J connectivity index is 2.02. The molecular weight excluding hydrogens is 172 g/mol. The zero-order chi connectivity index (χ0) is 10.2. The number of rotatable bonds is 1. The van der Waals surface area contributed by atoms with Gasteiger partial charge in [0.25, 0.3) is 0 Å². The molecular formula is C12H24N2. The Hall–Kier alpha value is -0.0800. The molecule has 2 N–H and O–H groups in total. The minimum absolute atomic E-state index is 0.492. The minimum Gasteiger partial charge on any atom is -0.312 e. The summed E-state index contributed by atoms with van der Waals surface area (Å²) >= 11 is 0. The highest BCUT2D eigenvalue weighted by Crippen LogP contribution is 2.36. The Labute approximate surface area is 87.8 Å². The third-order valence-electron chi connectivity index (χ3n) is 4.43. The SMILES string of the molecule is CC(C)C1(C)CNC2CCCNC2C1. The molecule has 0 aromatic heterocycles. The molecule has 0 amide bonds. The van der Waals surface area contributed by atoms with Crippen LogP contribution in [-0.2, 0) is 0 Å². The van der Waals surface area contributed by atoms with E-state index < -0.39 is 0 Å². The molecule has 0 aromatic rings. The summed E-state index contributed by atoms with van der Waals surface area (Å²) in [6.07, 6.45) is 4.06. The van der Waals surface area contributed by atoms with E-state index in [0.717, 1.165) is 18.0 Å². The molecule has 3 atom stereocenters. The van der Waals surface area contributed by atoms with Crippen LogP contribution in [0.15, 0.2) is 0 Å². The highest BCUT2D eigenvalue weighted by atomic mass is 15.1. The van der Waals surface area contributed by atoms with E-state index in [1.54, 1.807) is 0 Å². The average molecular weight is 196 g/mol. The van der Waals surface area contributed by atoms with Crippen LogP contribution in [0.5, 0.6) is 0 Å². The predicted molar refractivity (Wildman–Crippen MR) is 60.4 cm³/mol. The van der Waals surface area contributed by atoms with Gasteiger partial charge in [-0.15, -0.1) is 0 Å². The van der Waals surface area contributed by atoms with Gasteiger partial charge in [-0.3, -0.25) is 0 Å². The summed E-state index contributed by atoms with van der Waals surface area (Å²) in [4.78, 5) is 0. The third-order valence-corrected chi connectivity index (χ3v) is 4.43. The molecule has 0 aliphatic carbocycles. The molecule has 2 saturated heterocycles. The van der Waals surface area contributed by atoms with Gasteiger partial charge in [-0.2, -0.15) is 0 Å². The molecule has 2 aliphatic heterocycles. The second-order valence-electron chi connectivity index (χ2n) is 5.70. The highest BCUT2D eigenvalue weighted by Gasteiger charge is 2.39. The fraction of sp³-hybridized carbons (Fsp3) is 1.00. The smallest absolute Gasteiger partial charge is 0.0226 e. The number of hydrogen-bond donors (Lipinski definition) is 2. The van der Waals surface area contributed by atoms with Crippen LogP contribution in [0.1, 0.15) is 40.0 Å². The van der Waals surface area contributed by atoms with Crippen molar-refractivity contribution in [2.24, 2.45) is 11.3 Å². The van der Waals surface area contributed by atoms with Crippen molar-refractivity contribution < 1.29 is 0 Å². The summed E-state index contributed by atoms with van der Waals surface area (Å²) in [6, 6.07) is 1.47. The molecule has 3 unspecified atom stereocenters. The highest BCUT2D eigenvalue weighted by molar-refractivity contribution is 4.98. The summed E-state index contributed by atoms with van der Waals surface area (Å²) in [5.74, 6) is 0.777. The van der Waals surface area contributed by atoms with Crippen LogP contribution < -0.4 is 10.6 Å². The number of nitrogens with one attached hydrogen (secondary N) is 2. The van der Waals surface area contributed by atoms with Crippen molar-refractivity contribution in [3.05, 3.63) is 0 Å². The zero-order valence-corrected chi connectivity index (χ0v) is 9.77. The van der Waals surface area contributed by atoms with Crippen molar-refractivity contribution in [3.8, 4) is 0 Å². The summed E-state index contributed by atoms with van der Waals surface area (Å²) in [5.41, 5.74) is 0.492. The summed E-state index contributed by atoms with van der Waals surface area (Å²) in [5, 5.41) is 7.40. The Morgan fingerprint density at radius 3 is 2.71 bits per heavy atom. The lowest BCUT2D eigenvalue weighted by molar-refractivity contribution is 0.0908. The standard InChI is InChI=1S/C12H24N2/c1-9(2)12(3)7-11-10(14-8-12)5-4-6-13-11/h9-11,13-14H,4-8H2,1-3H3. The second-order valence-corrected chi connectivity index (χ2v) is 5.70. The first-order valence-corrected chi connectivity index (χ1v) is 6.08. The van der Waals surface area contributed by atoms with Gasteiger partial charge < -0.3 is 10.6 Å². The van der Waals surface area contributed by atoms with Crippen LogP contribution in [0.2, 0.25) is 0 Å². The van der Waals surface area contributed by atoms with Crippen LogP contribution in [0.25, 0.3) is 0 Å². The molecule has 2 rings (SSSR count). The van der Waals surface area contributed by atoms with E-state index in [1.165, 1.54) is 32.4 Å². The van der Waals surface area contributed by atoms with E-state index in [1.807, 2.05) is 0 Å². The van der Waals surface area contributed by atoms with Gasteiger partial charge in [-0.25, -0.2) is 0 Å². The van der Waals surface area contributed by atoms with Gasteiger partial charge in [0.15, 0.2) is 0 Å². The molecule has 14 heavy (non-hydrogen) atoms. The summed E-state index contributed by atoms with van der Waals surface area (Å²) in [6.45, 7) is 9.55. The van der Waals surface area contributed by atoms with E-state index in [4.69, 9.17) is 0 Å². The largest absolute Gasteiger partial charge is 0.312 e. The van der Waals surface area contributed by atoms with Crippen LogP contribution >= 0.6 is 0 Å². The van der Waals surface area contributed by atoms with Gasteiger partial charge in [0.05, 0.1) is 0 Å². The maximum Gasteiger partial charge on any atom is 0.0226 e. The molecule has 2 heterocycles. The predicted octanol–water partition coefficient (Wildman–Crippen LogP) is 1.76. The van der Waals surface area contributed by atoms with Crippen LogP contribution in [0.3, 0.4) is 0 Å². The van der Waals surface area contributed by atoms with E-state index in [-0.39, 0.29) is 0 Å². The second kappa shape index (κ2) is 3.82. The molecule has 2 aliphatic rings. The zero-order valence-electron chi connectivity index (χ0n) is 9.77. The Bertz CT molecular complexity index is 202. The van der Waals surface area contributed by atoms with Gasteiger partial charge in [0, 0.05) is 18.6 Å². The molecule has 0 spiro atoms. The first-order chi connectivity index (χ1) is 6.62. The lowest BCUT2D eigenvalue weighted by atomic mass is 9.69. The van der Waals surface area contributed by atoms with E-state index >= 15 is 0 Å². The number of fused-ring (bicyclic) bond motifs is 1. The van der Waals surface area contributed by atoms with Gasteiger partial charge in [-0.05, 0) is 37.1 Å². The molecule has 0 bridgehead atoms. The third kappa shape index (κ3) is 1.82. The molecule has 0 radical (unpaired) electrons. The Morgan fingerprint density at radius 1 is 1.21 bits per heavy atom. The Morgan fingerprint density at radius 2 is 2.00 bits per heavy atom. The van der Waals surface area contributed by atoms with Gasteiger partial charge in [-0.1, -0.05) is 20.8 Å². The average Bonchev–Trinajstić information content (AvgIpc) is 2.17. The fourth-order valence-electron chi connectivity index (χ4n) is 2.79. The topological polar surface area (TPSA) is 24.1 Å². The maximum atomic E-state index is 3.73. The van der Waals surface area contributed by atoms with Crippen molar-refractivity contribution in [3.63, 3.8) is 0 Å². The Kier molecular flexibility index (Phi) is 2.85. The van der Waals surface area contributed by atoms with Crippen LogP contribution in [-0.4, -0.2) is 25.2 Å². The molecule has 2 nitrogen and oxygen atoms in total. The quantitative estimate of drug-likeness (QED) is 0.668. The molecule has 82 valence electrons. The van der Waals surface area contributed by atoms with Crippen LogP contribution in [0.4, 0.5) is 0 Å². The normalized spacial score (nSPS) is 43.7. The van der Waals surface area contributed by atoms with Crippen LogP contribution in [0, 0.1) is 11.3 Å². The first kappa shape index (κ1) is 10.4. The van der Waals surface area contributed by atoms with Crippen molar-refractivity contribution in [2.45, 2.75) is 52.1 Å². The molecule has 0 aromatic carbocycles. The van der Waals surface area contributed by atoms with E-state index in [9.17, 15) is 0 Å². The van der Waals surface area contributed by atoms with Crippen molar-refractivity contribution >= 4 is 0 Å². The summed E-state index contributed by atoms with van der Waals surface area (Å²) < 4.78 is 0. The van der Waals surface area contributed by atoms with Gasteiger partial charge in [0.1, 0.15) is 0 Å². The first-order valence-electron chi connectivity index (χ1n) is 6.08. The van der Waals surface area contributed by atoms with Gasteiger partial charge in [0.2, 0.25) is 0 Å². The monoisotopic (exact) mass is 196 g/mol. The van der Waals surface area contributed by atoms with Crippen molar-refractivity contribution in [1.82, 2.24) is 10.6 Å². The molecule has 2 fully saturated rings. The van der Waals surface area contributed by atoms with E-state index in [0.29, 0.717) is 5.41 Å². The van der Waals surface area contributed by atoms with Crippen molar-refractivity contribution in [1.29, 1.82) is 0 Å². The lowest BCUT2D eigenvalue weighted by Gasteiger charge is -2.48. The van der Waals surface area contributed by atoms with Crippen molar-refractivity contribution in [2.75, 3.05) is 13.1 Å². The van der Waals surface area contributed by atoms with Gasteiger partial charge >= 0.3 is 0 Å². The molecule has 0 saturated carbocycles. The minimum atomic E-state index is 0.492. The molecule has 2 heteroatoms. The van der Waals surface area contributed by atoms with E-state index in [2.05, 4.69) is 31.4 Å². The summed E-state index contributed by atoms with van der Waals surface area (Å²) in [7, 11) is 0. The maximum absolute atomic E-state index is 3.73.